The van der Waals surface area contributed by atoms with E-state index in [4.69, 9.17) is 0 Å². The van der Waals surface area contributed by atoms with Crippen molar-refractivity contribution in [1.29, 1.82) is 0 Å². The van der Waals surface area contributed by atoms with E-state index in [-0.39, 0.29) is 30.4 Å². The minimum atomic E-state index is -0.327. The van der Waals surface area contributed by atoms with Gasteiger partial charge in [0.2, 0.25) is 5.91 Å². The molecule has 2 aliphatic heterocycles. The summed E-state index contributed by atoms with van der Waals surface area (Å²) in [5, 5.41) is 5.57. The highest BCUT2D eigenvalue weighted by atomic mass is 16.2. The molecule has 25 heavy (non-hydrogen) atoms. The first-order valence-corrected chi connectivity index (χ1v) is 8.73. The normalized spacial score (nSPS) is 16.7. The van der Waals surface area contributed by atoms with Crippen LogP contribution in [0.15, 0.2) is 18.2 Å². The molecule has 0 unspecified atom stereocenters. The lowest BCUT2D eigenvalue weighted by Gasteiger charge is -2.32. The maximum Gasteiger partial charge on any atom is 0.324 e. The van der Waals surface area contributed by atoms with E-state index in [1.54, 1.807) is 0 Å². The molecule has 1 fully saturated rings. The molecule has 7 nitrogen and oxygen atoms in total. The first kappa shape index (κ1) is 17.3. The summed E-state index contributed by atoms with van der Waals surface area (Å²) in [4.78, 5) is 39.8. The molecule has 1 aromatic rings. The number of benzene rings is 1. The molecule has 1 aromatic carbocycles. The highest BCUT2D eigenvalue weighted by Crippen LogP contribution is 2.30. The molecule has 0 aliphatic carbocycles. The van der Waals surface area contributed by atoms with Gasteiger partial charge in [0.05, 0.1) is 6.54 Å². The van der Waals surface area contributed by atoms with E-state index in [1.807, 2.05) is 36.9 Å². The Morgan fingerprint density at radius 1 is 1.28 bits per heavy atom. The Labute approximate surface area is 147 Å². The molecule has 0 aromatic heterocycles. The monoisotopic (exact) mass is 344 g/mol. The van der Waals surface area contributed by atoms with Crippen molar-refractivity contribution >= 4 is 23.5 Å². The first-order chi connectivity index (χ1) is 12.0. The van der Waals surface area contributed by atoms with Gasteiger partial charge in [0.15, 0.2) is 0 Å². The Morgan fingerprint density at radius 3 is 2.76 bits per heavy atom. The lowest BCUT2D eigenvalue weighted by atomic mass is 9.95. The predicted octanol–water partition coefficient (Wildman–Crippen LogP) is 1.13. The van der Waals surface area contributed by atoms with Gasteiger partial charge in [0, 0.05) is 36.9 Å². The third-order valence-electron chi connectivity index (χ3n) is 4.50. The van der Waals surface area contributed by atoms with Gasteiger partial charge in [0.1, 0.15) is 0 Å². The van der Waals surface area contributed by atoms with Crippen molar-refractivity contribution in [3.8, 4) is 0 Å². The number of fused-ring (bicyclic) bond motifs is 1. The molecule has 2 heterocycles. The number of carbonyl (C=O) groups is 3. The first-order valence-electron chi connectivity index (χ1n) is 8.73. The fourth-order valence-corrected chi connectivity index (χ4v) is 3.38. The number of hydrogen-bond donors (Lipinski definition) is 2. The van der Waals surface area contributed by atoms with Gasteiger partial charge in [-0.15, -0.1) is 0 Å². The Bertz CT molecular complexity index is 702. The number of hydrogen-bond acceptors (Lipinski definition) is 4. The smallest absolute Gasteiger partial charge is 0.324 e. The van der Waals surface area contributed by atoms with Gasteiger partial charge in [-0.25, -0.2) is 4.79 Å². The van der Waals surface area contributed by atoms with Crippen LogP contribution in [0.4, 0.5) is 10.5 Å². The van der Waals surface area contributed by atoms with Crippen molar-refractivity contribution in [2.75, 3.05) is 31.1 Å². The van der Waals surface area contributed by atoms with E-state index >= 15 is 0 Å². The fraction of sp³-hybridized carbons (Fsp3) is 0.500. The number of carbonyl (C=O) groups excluding carboxylic acids is 3. The number of imide groups is 1. The topological polar surface area (TPSA) is 81.8 Å². The molecule has 2 aliphatic rings. The van der Waals surface area contributed by atoms with Gasteiger partial charge in [-0.3, -0.25) is 14.5 Å². The van der Waals surface area contributed by atoms with Gasteiger partial charge in [-0.2, -0.15) is 0 Å². The number of rotatable bonds is 4. The molecule has 0 radical (unpaired) electrons. The Kier molecular flexibility index (Phi) is 4.92. The zero-order valence-electron chi connectivity index (χ0n) is 14.7. The number of amides is 4. The summed E-state index contributed by atoms with van der Waals surface area (Å²) in [6, 6.07) is 5.36. The molecule has 134 valence electrons. The minimum Gasteiger partial charge on any atom is -0.362 e. The van der Waals surface area contributed by atoms with Crippen LogP contribution >= 0.6 is 0 Å². The van der Waals surface area contributed by atoms with Crippen molar-refractivity contribution in [2.45, 2.75) is 32.7 Å². The molecule has 3 rings (SSSR count). The second-order valence-corrected chi connectivity index (χ2v) is 6.73. The van der Waals surface area contributed by atoms with Crippen LogP contribution in [0.5, 0.6) is 0 Å². The molecule has 0 saturated carbocycles. The molecule has 1 saturated heterocycles. The summed E-state index contributed by atoms with van der Waals surface area (Å²) in [6.45, 7) is 5.66. The zero-order valence-corrected chi connectivity index (χ0v) is 14.7. The average Bonchev–Trinajstić information content (AvgIpc) is 3.00. The van der Waals surface area contributed by atoms with E-state index in [2.05, 4.69) is 10.6 Å². The van der Waals surface area contributed by atoms with Crippen molar-refractivity contribution in [3.05, 3.63) is 29.3 Å². The molecule has 7 heteroatoms. The number of urea groups is 1. The van der Waals surface area contributed by atoms with Crippen LogP contribution in [0, 0.1) is 0 Å². The van der Waals surface area contributed by atoms with Crippen molar-refractivity contribution in [1.82, 2.24) is 15.5 Å². The third-order valence-corrected chi connectivity index (χ3v) is 4.50. The lowest BCUT2D eigenvalue weighted by molar-refractivity contribution is -0.126. The summed E-state index contributed by atoms with van der Waals surface area (Å²) in [6.07, 6.45) is 1.68. The maximum atomic E-state index is 12.5. The number of nitrogens with one attached hydrogen (secondary N) is 2. The Morgan fingerprint density at radius 2 is 2.08 bits per heavy atom. The Hall–Kier alpha value is -2.57. The second kappa shape index (κ2) is 7.13. The highest BCUT2D eigenvalue weighted by Gasteiger charge is 2.29. The van der Waals surface area contributed by atoms with Crippen LogP contribution < -0.4 is 15.5 Å². The van der Waals surface area contributed by atoms with E-state index in [1.165, 1.54) is 4.90 Å². The quantitative estimate of drug-likeness (QED) is 0.858. The van der Waals surface area contributed by atoms with Gasteiger partial charge in [0.25, 0.3) is 5.91 Å². The largest absolute Gasteiger partial charge is 0.362 e. The van der Waals surface area contributed by atoms with Crippen LogP contribution in [0.25, 0.3) is 0 Å². The van der Waals surface area contributed by atoms with Crippen LogP contribution in [-0.4, -0.2) is 55.0 Å². The fourth-order valence-electron chi connectivity index (χ4n) is 3.38. The zero-order chi connectivity index (χ0) is 18.0. The van der Waals surface area contributed by atoms with Crippen LogP contribution in [0.1, 0.15) is 36.2 Å². The van der Waals surface area contributed by atoms with E-state index in [0.29, 0.717) is 18.7 Å². The van der Waals surface area contributed by atoms with Crippen LogP contribution in [-0.2, 0) is 11.2 Å². The molecule has 2 N–H and O–H groups in total. The van der Waals surface area contributed by atoms with Gasteiger partial charge < -0.3 is 15.5 Å². The van der Waals surface area contributed by atoms with Gasteiger partial charge >= 0.3 is 6.03 Å². The molecule has 4 amide bonds. The van der Waals surface area contributed by atoms with Crippen molar-refractivity contribution in [3.63, 3.8) is 0 Å². The van der Waals surface area contributed by atoms with Crippen molar-refractivity contribution < 1.29 is 14.4 Å². The summed E-state index contributed by atoms with van der Waals surface area (Å²) < 4.78 is 0. The maximum absolute atomic E-state index is 12.5. The third kappa shape index (κ3) is 3.60. The molecular weight excluding hydrogens is 320 g/mol. The summed E-state index contributed by atoms with van der Waals surface area (Å²) in [5.41, 5.74) is 2.56. The standard InChI is InChI=1S/C18H24N4O3/c1-12(2)20-17(24)14-5-3-7-15-13(14)6-4-9-21(15)11-16(23)22-10-8-19-18(22)25/h3,5,7,12H,4,6,8-11H2,1-2H3,(H,19,25)(H,20,24). The van der Waals surface area contributed by atoms with Crippen molar-refractivity contribution in [2.24, 2.45) is 0 Å². The SMILES string of the molecule is CC(C)NC(=O)c1cccc2c1CCCN2CC(=O)N1CCNC1=O. The van der Waals surface area contributed by atoms with Gasteiger partial charge in [-0.1, -0.05) is 6.07 Å². The average molecular weight is 344 g/mol. The minimum absolute atomic E-state index is 0.0679. The van der Waals surface area contributed by atoms with Crippen LogP contribution in [0.2, 0.25) is 0 Å². The summed E-state index contributed by atoms with van der Waals surface area (Å²) in [5.74, 6) is -0.293. The van der Waals surface area contributed by atoms with E-state index in [0.717, 1.165) is 30.6 Å². The molecule has 0 bridgehead atoms. The molecule has 0 spiro atoms. The number of anilines is 1. The van der Waals surface area contributed by atoms with Gasteiger partial charge in [-0.05, 0) is 44.4 Å². The van der Waals surface area contributed by atoms with E-state index < -0.39 is 0 Å². The summed E-state index contributed by atoms with van der Waals surface area (Å²) >= 11 is 0. The van der Waals surface area contributed by atoms with Crippen LogP contribution in [0.3, 0.4) is 0 Å². The Balaban J connectivity index is 1.81. The van der Waals surface area contributed by atoms with E-state index in [9.17, 15) is 14.4 Å². The second-order valence-electron chi connectivity index (χ2n) is 6.73. The summed E-state index contributed by atoms with van der Waals surface area (Å²) in [7, 11) is 0. The highest BCUT2D eigenvalue weighted by molar-refractivity contribution is 5.99. The molecule has 0 atom stereocenters. The number of nitrogens with zero attached hydrogens (tertiary/aromatic N) is 2. The molecular formula is C18H24N4O3. The predicted molar refractivity (Wildman–Crippen MR) is 94.7 cm³/mol. The lowest BCUT2D eigenvalue weighted by Crippen LogP contribution is -2.44.